The summed E-state index contributed by atoms with van der Waals surface area (Å²) in [6.07, 6.45) is 0.853. The quantitative estimate of drug-likeness (QED) is 0.404. The van der Waals surface area contributed by atoms with E-state index in [4.69, 9.17) is 0 Å². The summed E-state index contributed by atoms with van der Waals surface area (Å²) in [5, 5.41) is 2.86. The lowest BCUT2D eigenvalue weighted by atomic mass is 10.1. The highest BCUT2D eigenvalue weighted by molar-refractivity contribution is 14.1. The van der Waals surface area contributed by atoms with Crippen LogP contribution in [0.5, 0.6) is 0 Å². The molecule has 5 nitrogen and oxygen atoms in total. The number of benzene rings is 3. The molecule has 30 heavy (non-hydrogen) atoms. The Balaban J connectivity index is 1.56. The molecule has 0 fully saturated rings. The molecule has 0 aliphatic carbocycles. The second kappa shape index (κ2) is 10.2. The molecule has 0 spiro atoms. The average molecular weight is 534 g/mol. The molecule has 1 amide bonds. The van der Waals surface area contributed by atoms with Crippen LogP contribution in [0, 0.1) is 3.57 Å². The minimum absolute atomic E-state index is 0.0775. The van der Waals surface area contributed by atoms with E-state index in [9.17, 15) is 13.2 Å². The minimum atomic E-state index is -3.63. The summed E-state index contributed by atoms with van der Waals surface area (Å²) in [6, 6.07) is 23.3. The zero-order chi connectivity index (χ0) is 21.6. The van der Waals surface area contributed by atoms with Crippen molar-refractivity contribution in [3.63, 3.8) is 0 Å². The number of aryl methyl sites for hydroxylation is 1. The fourth-order valence-electron chi connectivity index (χ4n) is 2.96. The van der Waals surface area contributed by atoms with Crippen LogP contribution in [0.3, 0.4) is 0 Å². The number of hydrogen-bond acceptors (Lipinski definition) is 3. The van der Waals surface area contributed by atoms with E-state index in [0.29, 0.717) is 12.8 Å². The van der Waals surface area contributed by atoms with Crippen molar-refractivity contribution >= 4 is 44.2 Å². The number of anilines is 1. The third-order valence-electron chi connectivity index (χ3n) is 4.63. The van der Waals surface area contributed by atoms with Crippen molar-refractivity contribution in [2.45, 2.75) is 30.7 Å². The number of carbonyl (C=O) groups is 1. The Hall–Kier alpha value is -2.23. The molecule has 0 saturated carbocycles. The Morgan fingerprint density at radius 1 is 0.933 bits per heavy atom. The van der Waals surface area contributed by atoms with Gasteiger partial charge in [-0.3, -0.25) is 4.79 Å². The summed E-state index contributed by atoms with van der Waals surface area (Å²) in [4.78, 5) is 12.3. The maximum Gasteiger partial charge on any atom is 0.241 e. The van der Waals surface area contributed by atoms with Crippen LogP contribution in [-0.2, 0) is 21.2 Å². The second-order valence-electron chi connectivity index (χ2n) is 6.95. The van der Waals surface area contributed by atoms with Crippen molar-refractivity contribution in [1.29, 1.82) is 0 Å². The van der Waals surface area contributed by atoms with Crippen molar-refractivity contribution in [3.05, 3.63) is 93.6 Å². The highest BCUT2D eigenvalue weighted by Gasteiger charge is 2.18. The van der Waals surface area contributed by atoms with Crippen LogP contribution >= 0.6 is 22.6 Å². The van der Waals surface area contributed by atoms with Crippen LogP contribution in [0.1, 0.15) is 30.5 Å². The van der Waals surface area contributed by atoms with Crippen LogP contribution in [0.2, 0.25) is 0 Å². The molecule has 1 atom stereocenters. The lowest BCUT2D eigenvalue weighted by Crippen LogP contribution is -2.26. The molecule has 0 unspecified atom stereocenters. The lowest BCUT2D eigenvalue weighted by molar-refractivity contribution is -0.116. The van der Waals surface area contributed by atoms with Gasteiger partial charge in [0.15, 0.2) is 0 Å². The minimum Gasteiger partial charge on any atom is -0.326 e. The van der Waals surface area contributed by atoms with E-state index in [1.165, 1.54) is 0 Å². The van der Waals surface area contributed by atoms with Gasteiger partial charge in [-0.2, -0.15) is 0 Å². The molecule has 0 bridgehead atoms. The van der Waals surface area contributed by atoms with Crippen LogP contribution in [0.15, 0.2) is 83.8 Å². The SMILES string of the molecule is C[C@@H](NS(=O)(=O)c1ccc(CCC(=O)Nc2ccc(I)cc2)cc1)c1ccccc1. The first-order valence-corrected chi connectivity index (χ1v) is 12.1. The van der Waals surface area contributed by atoms with Crippen LogP contribution in [-0.4, -0.2) is 14.3 Å². The number of halogens is 1. The molecule has 0 radical (unpaired) electrons. The summed E-state index contributed by atoms with van der Waals surface area (Å²) in [5.74, 6) is -0.0775. The van der Waals surface area contributed by atoms with Crippen molar-refractivity contribution < 1.29 is 13.2 Å². The van der Waals surface area contributed by atoms with Crippen LogP contribution in [0.25, 0.3) is 0 Å². The predicted molar refractivity (Wildman–Crippen MR) is 128 cm³/mol. The molecule has 0 saturated heterocycles. The van der Waals surface area contributed by atoms with E-state index in [0.717, 1.165) is 20.4 Å². The number of amides is 1. The first kappa shape index (κ1) is 22.5. The maximum absolute atomic E-state index is 12.6. The largest absolute Gasteiger partial charge is 0.326 e. The van der Waals surface area contributed by atoms with Gasteiger partial charge in [-0.25, -0.2) is 13.1 Å². The third kappa shape index (κ3) is 6.38. The molecular weight excluding hydrogens is 511 g/mol. The first-order chi connectivity index (χ1) is 14.3. The fraction of sp³-hybridized carbons (Fsp3) is 0.174. The highest BCUT2D eigenvalue weighted by Crippen LogP contribution is 2.18. The van der Waals surface area contributed by atoms with Gasteiger partial charge in [0.05, 0.1) is 4.90 Å². The molecule has 0 aliphatic heterocycles. The molecule has 156 valence electrons. The van der Waals surface area contributed by atoms with Crippen molar-refractivity contribution in [3.8, 4) is 0 Å². The number of sulfonamides is 1. The molecule has 0 heterocycles. The van der Waals surface area contributed by atoms with Gasteiger partial charge in [-0.1, -0.05) is 42.5 Å². The molecule has 3 aromatic carbocycles. The van der Waals surface area contributed by atoms with E-state index in [1.807, 2.05) is 61.5 Å². The molecule has 0 aromatic heterocycles. The molecule has 2 N–H and O–H groups in total. The summed E-state index contributed by atoms with van der Waals surface area (Å²) in [7, 11) is -3.63. The van der Waals surface area contributed by atoms with Crippen molar-refractivity contribution in [2.24, 2.45) is 0 Å². The number of rotatable bonds is 8. The summed E-state index contributed by atoms with van der Waals surface area (Å²) in [5.41, 5.74) is 2.57. The summed E-state index contributed by atoms with van der Waals surface area (Å²) in [6.45, 7) is 1.81. The normalized spacial score (nSPS) is 12.3. The standard InChI is InChI=1S/C23H23IN2O3S/c1-17(19-5-3-2-4-6-19)26-30(28,29)22-14-7-18(8-15-22)9-16-23(27)25-21-12-10-20(24)11-13-21/h2-8,10-15,17,26H,9,16H2,1H3,(H,25,27)/t17-/m1/s1. The average Bonchev–Trinajstić information content (AvgIpc) is 2.74. The van der Waals surface area contributed by atoms with Gasteiger partial charge in [0.2, 0.25) is 15.9 Å². The smallest absolute Gasteiger partial charge is 0.241 e. The number of hydrogen-bond donors (Lipinski definition) is 2. The monoisotopic (exact) mass is 534 g/mol. The van der Waals surface area contributed by atoms with Crippen molar-refractivity contribution in [2.75, 3.05) is 5.32 Å². The molecule has 3 aromatic rings. The lowest BCUT2D eigenvalue weighted by Gasteiger charge is -2.15. The number of carbonyl (C=O) groups excluding carboxylic acids is 1. The summed E-state index contributed by atoms with van der Waals surface area (Å²) < 4.78 is 29.1. The van der Waals surface area contributed by atoms with E-state index < -0.39 is 10.0 Å². The maximum atomic E-state index is 12.6. The van der Waals surface area contributed by atoms with Gasteiger partial charge in [0.25, 0.3) is 0 Å². The van der Waals surface area contributed by atoms with E-state index in [-0.39, 0.29) is 16.8 Å². The highest BCUT2D eigenvalue weighted by atomic mass is 127. The predicted octanol–water partition coefficient (Wildman–Crippen LogP) is 4.90. The van der Waals surface area contributed by atoms with Crippen molar-refractivity contribution in [1.82, 2.24) is 4.72 Å². The molecule has 3 rings (SSSR count). The van der Waals surface area contributed by atoms with Gasteiger partial charge >= 0.3 is 0 Å². The zero-order valence-electron chi connectivity index (χ0n) is 16.5. The Morgan fingerprint density at radius 2 is 1.57 bits per heavy atom. The Labute approximate surface area is 191 Å². The summed E-state index contributed by atoms with van der Waals surface area (Å²) >= 11 is 2.21. The van der Waals surface area contributed by atoms with Gasteiger partial charge in [-0.05, 0) is 83.5 Å². The zero-order valence-corrected chi connectivity index (χ0v) is 19.5. The topological polar surface area (TPSA) is 75.3 Å². The van der Waals surface area contributed by atoms with E-state index in [1.54, 1.807) is 24.3 Å². The van der Waals surface area contributed by atoms with Crippen LogP contribution < -0.4 is 10.0 Å². The Kier molecular flexibility index (Phi) is 7.63. The van der Waals surface area contributed by atoms with Gasteiger partial charge in [0.1, 0.15) is 0 Å². The second-order valence-corrected chi connectivity index (χ2v) is 9.91. The molecule has 7 heteroatoms. The fourth-order valence-corrected chi connectivity index (χ4v) is 4.55. The van der Waals surface area contributed by atoms with E-state index in [2.05, 4.69) is 32.6 Å². The third-order valence-corrected chi connectivity index (χ3v) is 6.91. The first-order valence-electron chi connectivity index (χ1n) is 9.55. The van der Waals surface area contributed by atoms with Gasteiger partial charge in [0, 0.05) is 21.7 Å². The van der Waals surface area contributed by atoms with E-state index >= 15 is 0 Å². The molecule has 0 aliphatic rings. The Morgan fingerprint density at radius 3 is 2.20 bits per heavy atom. The van der Waals surface area contributed by atoms with Gasteiger partial charge < -0.3 is 5.32 Å². The number of nitrogens with one attached hydrogen (secondary N) is 2. The van der Waals surface area contributed by atoms with Gasteiger partial charge in [-0.15, -0.1) is 0 Å². The van der Waals surface area contributed by atoms with Crippen LogP contribution in [0.4, 0.5) is 5.69 Å². The molecular formula is C23H23IN2O3S. The Bertz CT molecular complexity index is 1080.